The number of thiophene rings is 1. The van der Waals surface area contributed by atoms with Gasteiger partial charge in [-0.3, -0.25) is 14.5 Å². The molecule has 37 heavy (non-hydrogen) atoms. The first-order valence-electron chi connectivity index (χ1n) is 12.5. The first-order valence-corrected chi connectivity index (χ1v) is 14.4. The third kappa shape index (κ3) is 4.95. The number of hydrogen-bond acceptors (Lipinski definition) is 5. The van der Waals surface area contributed by atoms with Crippen LogP contribution >= 0.6 is 23.1 Å². The molecule has 0 saturated carbocycles. The minimum atomic E-state index is -0.171. The Balaban J connectivity index is 1.80. The van der Waals surface area contributed by atoms with Crippen LogP contribution in [0.15, 0.2) is 66.0 Å². The number of aryl methyl sites for hydroxylation is 2. The first-order chi connectivity index (χ1) is 18.0. The maximum Gasteiger partial charge on any atom is 0.240 e. The fourth-order valence-electron chi connectivity index (χ4n) is 4.62. The summed E-state index contributed by atoms with van der Waals surface area (Å²) >= 11 is 3.31. The molecular weight excluding hydrogens is 500 g/mol. The van der Waals surface area contributed by atoms with Crippen molar-refractivity contribution in [2.45, 2.75) is 32.4 Å². The van der Waals surface area contributed by atoms with Crippen molar-refractivity contribution in [3.63, 3.8) is 0 Å². The zero-order valence-corrected chi connectivity index (χ0v) is 22.9. The number of carbonyl (C=O) groups excluding carboxylic acids is 2. The number of benzene rings is 2. The molecule has 2 amide bonds. The summed E-state index contributed by atoms with van der Waals surface area (Å²) in [5.74, 6) is 0.687. The first kappa shape index (κ1) is 25.3. The standard InChI is InChI=1S/C29H30N4O2S2/c1-4-15-30-23(34)17-32-24(35)18-37-28(27-20(3)14-16-36-27)25-26(21-11-6-5-7-12-21)31-33(29(25)32)22-13-9-8-10-19(22)2/h5-14,16,28H,4,15,17-18H2,1-3H3,(H,30,34). The summed E-state index contributed by atoms with van der Waals surface area (Å²) in [6, 6.07) is 20.3. The van der Waals surface area contributed by atoms with Gasteiger partial charge in [-0.1, -0.05) is 55.5 Å². The molecule has 1 aliphatic rings. The molecule has 0 bridgehead atoms. The number of hydrogen-bond donors (Lipinski definition) is 1. The molecule has 0 fully saturated rings. The van der Waals surface area contributed by atoms with Crippen LogP contribution in [0.5, 0.6) is 0 Å². The van der Waals surface area contributed by atoms with E-state index in [4.69, 9.17) is 5.10 Å². The molecule has 5 rings (SSSR count). The molecule has 190 valence electrons. The highest BCUT2D eigenvalue weighted by Gasteiger charge is 2.38. The largest absolute Gasteiger partial charge is 0.355 e. The Morgan fingerprint density at radius 3 is 2.51 bits per heavy atom. The van der Waals surface area contributed by atoms with Crippen molar-refractivity contribution in [3.8, 4) is 16.9 Å². The summed E-state index contributed by atoms with van der Waals surface area (Å²) in [6.07, 6.45) is 0.833. The smallest absolute Gasteiger partial charge is 0.240 e. The van der Waals surface area contributed by atoms with Crippen LogP contribution in [0.4, 0.5) is 5.82 Å². The number of carbonyl (C=O) groups is 2. The van der Waals surface area contributed by atoms with E-state index in [1.807, 2.05) is 61.0 Å². The average Bonchev–Trinajstić information content (AvgIpc) is 3.47. The number of fused-ring (bicyclic) bond motifs is 1. The lowest BCUT2D eigenvalue weighted by atomic mass is 10.0. The van der Waals surface area contributed by atoms with Gasteiger partial charge < -0.3 is 5.32 Å². The third-order valence-electron chi connectivity index (χ3n) is 6.49. The van der Waals surface area contributed by atoms with Gasteiger partial charge in [0.15, 0.2) is 0 Å². The molecule has 2 aromatic carbocycles. The average molecular weight is 531 g/mol. The quantitative estimate of drug-likeness (QED) is 0.322. The second kappa shape index (κ2) is 10.9. The van der Waals surface area contributed by atoms with Crippen molar-refractivity contribution in [3.05, 3.63) is 87.6 Å². The number of thioether (sulfide) groups is 1. The molecule has 1 N–H and O–H groups in total. The van der Waals surface area contributed by atoms with Crippen molar-refractivity contribution >= 4 is 40.7 Å². The van der Waals surface area contributed by atoms with Gasteiger partial charge in [-0.2, -0.15) is 5.10 Å². The van der Waals surface area contributed by atoms with Gasteiger partial charge in [0.2, 0.25) is 11.8 Å². The Morgan fingerprint density at radius 1 is 1.05 bits per heavy atom. The number of para-hydroxylation sites is 1. The van der Waals surface area contributed by atoms with Crippen LogP contribution in [0.1, 0.15) is 40.2 Å². The van der Waals surface area contributed by atoms with Gasteiger partial charge in [0.1, 0.15) is 12.4 Å². The van der Waals surface area contributed by atoms with E-state index in [1.165, 1.54) is 10.4 Å². The molecule has 6 nitrogen and oxygen atoms in total. The van der Waals surface area contributed by atoms with Gasteiger partial charge in [0, 0.05) is 22.5 Å². The van der Waals surface area contributed by atoms with E-state index < -0.39 is 0 Å². The van der Waals surface area contributed by atoms with Gasteiger partial charge >= 0.3 is 0 Å². The molecule has 0 aliphatic carbocycles. The van der Waals surface area contributed by atoms with E-state index in [2.05, 4.69) is 35.8 Å². The summed E-state index contributed by atoms with van der Waals surface area (Å²) < 4.78 is 1.87. The van der Waals surface area contributed by atoms with Crippen LogP contribution < -0.4 is 10.2 Å². The molecule has 3 heterocycles. The van der Waals surface area contributed by atoms with Crippen LogP contribution in [0.2, 0.25) is 0 Å². The number of nitrogens with one attached hydrogen (secondary N) is 1. The van der Waals surface area contributed by atoms with Gasteiger partial charge in [0.25, 0.3) is 0 Å². The number of aromatic nitrogens is 2. The van der Waals surface area contributed by atoms with Crippen LogP contribution in [-0.2, 0) is 9.59 Å². The SMILES string of the molecule is CCCNC(=O)CN1C(=O)CSC(c2sccc2C)c2c(-c3ccccc3)nn(-c3ccccc3C)c21. The maximum absolute atomic E-state index is 13.7. The van der Waals surface area contributed by atoms with Gasteiger partial charge in [-0.05, 0) is 48.9 Å². The second-order valence-electron chi connectivity index (χ2n) is 9.14. The zero-order chi connectivity index (χ0) is 25.9. The van der Waals surface area contributed by atoms with E-state index in [1.54, 1.807) is 28.0 Å². The monoisotopic (exact) mass is 530 g/mol. The maximum atomic E-state index is 13.7. The van der Waals surface area contributed by atoms with Crippen LogP contribution in [-0.4, -0.2) is 40.4 Å². The highest BCUT2D eigenvalue weighted by Crippen LogP contribution is 2.50. The lowest BCUT2D eigenvalue weighted by molar-refractivity contribution is -0.122. The Kier molecular flexibility index (Phi) is 7.48. The molecular formula is C29H30N4O2S2. The van der Waals surface area contributed by atoms with Gasteiger partial charge in [-0.25, -0.2) is 4.68 Å². The van der Waals surface area contributed by atoms with Crippen molar-refractivity contribution in [2.24, 2.45) is 0 Å². The Hall–Kier alpha value is -3.36. The fourth-order valence-corrected chi connectivity index (χ4v) is 7.09. The summed E-state index contributed by atoms with van der Waals surface area (Å²) in [6.45, 7) is 6.69. The molecule has 0 radical (unpaired) electrons. The predicted molar refractivity (Wildman–Crippen MR) is 153 cm³/mol. The lowest BCUT2D eigenvalue weighted by Gasteiger charge is -2.23. The molecule has 1 unspecified atom stereocenters. The minimum absolute atomic E-state index is 0.0473. The van der Waals surface area contributed by atoms with Crippen LogP contribution in [0.25, 0.3) is 16.9 Å². The van der Waals surface area contributed by atoms with Gasteiger partial charge in [-0.15, -0.1) is 23.1 Å². The number of rotatable bonds is 7. The molecule has 1 atom stereocenters. The molecule has 1 aliphatic heterocycles. The normalized spacial score (nSPS) is 15.4. The van der Waals surface area contributed by atoms with Gasteiger partial charge in [0.05, 0.1) is 22.4 Å². The van der Waals surface area contributed by atoms with E-state index in [0.29, 0.717) is 12.4 Å². The highest BCUT2D eigenvalue weighted by atomic mass is 32.2. The number of anilines is 1. The summed E-state index contributed by atoms with van der Waals surface area (Å²) in [5.41, 5.74) is 5.91. The van der Waals surface area contributed by atoms with Crippen molar-refractivity contribution in [1.82, 2.24) is 15.1 Å². The third-order valence-corrected chi connectivity index (χ3v) is 8.94. The molecule has 8 heteroatoms. The molecule has 4 aromatic rings. The van der Waals surface area contributed by atoms with E-state index in [-0.39, 0.29) is 29.4 Å². The Morgan fingerprint density at radius 2 is 1.81 bits per heavy atom. The molecule has 0 saturated heterocycles. The van der Waals surface area contributed by atoms with Crippen LogP contribution in [0.3, 0.4) is 0 Å². The van der Waals surface area contributed by atoms with Crippen molar-refractivity contribution < 1.29 is 9.59 Å². The van der Waals surface area contributed by atoms with E-state index in [0.717, 1.165) is 34.5 Å². The second-order valence-corrected chi connectivity index (χ2v) is 11.2. The summed E-state index contributed by atoms with van der Waals surface area (Å²) in [4.78, 5) is 29.5. The molecule has 0 spiro atoms. The zero-order valence-electron chi connectivity index (χ0n) is 21.2. The summed E-state index contributed by atoms with van der Waals surface area (Å²) in [5, 5.41) is 10.1. The predicted octanol–water partition coefficient (Wildman–Crippen LogP) is 5.91. The molecule has 2 aromatic heterocycles. The van der Waals surface area contributed by atoms with Crippen LogP contribution in [0, 0.1) is 13.8 Å². The minimum Gasteiger partial charge on any atom is -0.355 e. The Labute approximate surface area is 225 Å². The van der Waals surface area contributed by atoms with Crippen molar-refractivity contribution in [2.75, 3.05) is 23.7 Å². The van der Waals surface area contributed by atoms with Crippen molar-refractivity contribution in [1.29, 1.82) is 0 Å². The topological polar surface area (TPSA) is 67.2 Å². The Bertz CT molecular complexity index is 1430. The number of nitrogens with zero attached hydrogens (tertiary/aromatic N) is 3. The highest BCUT2D eigenvalue weighted by molar-refractivity contribution is 8.00. The summed E-state index contributed by atoms with van der Waals surface area (Å²) in [7, 11) is 0. The fraction of sp³-hybridized carbons (Fsp3) is 0.276. The van der Waals surface area contributed by atoms with E-state index in [9.17, 15) is 9.59 Å². The number of amides is 2. The lowest BCUT2D eigenvalue weighted by Crippen LogP contribution is -2.42. The van der Waals surface area contributed by atoms with E-state index >= 15 is 0 Å².